The summed E-state index contributed by atoms with van der Waals surface area (Å²) < 4.78 is 7.61. The molecule has 1 N–H and O–H groups in total. The van der Waals surface area contributed by atoms with Crippen LogP contribution in [-0.4, -0.2) is 57.4 Å². The van der Waals surface area contributed by atoms with Gasteiger partial charge in [0.15, 0.2) is 5.82 Å². The van der Waals surface area contributed by atoms with Crippen LogP contribution in [0.15, 0.2) is 28.9 Å². The van der Waals surface area contributed by atoms with Crippen molar-refractivity contribution in [2.24, 2.45) is 0 Å². The minimum atomic E-state index is 0.249. The van der Waals surface area contributed by atoms with Crippen LogP contribution in [0, 0.1) is 0 Å². The number of hydrogen-bond acceptors (Lipinski definition) is 6. The minimum absolute atomic E-state index is 0.249. The molecule has 0 saturated carbocycles. The number of nitrogens with one attached hydrogen (secondary N) is 1. The average Bonchev–Trinajstić information content (AvgIpc) is 3.28. The van der Waals surface area contributed by atoms with Crippen molar-refractivity contribution in [3.63, 3.8) is 0 Å². The quantitative estimate of drug-likeness (QED) is 0.717. The van der Waals surface area contributed by atoms with Crippen LogP contribution in [0.1, 0.15) is 30.6 Å². The van der Waals surface area contributed by atoms with Crippen LogP contribution in [0.25, 0.3) is 22.4 Å². The highest BCUT2D eigenvalue weighted by Crippen LogP contribution is 2.29. The van der Waals surface area contributed by atoms with E-state index in [1.807, 2.05) is 18.3 Å². The summed E-state index contributed by atoms with van der Waals surface area (Å²) in [6.07, 6.45) is 4.56. The SMILES string of the molecule is O=CN1CCC(c2noc(-c3ccc4cnn(C5CNC5)c4c3)n2)CC1. The van der Waals surface area contributed by atoms with Crippen LogP contribution in [0.3, 0.4) is 0 Å². The number of benzene rings is 1. The number of rotatable bonds is 4. The van der Waals surface area contributed by atoms with Gasteiger partial charge in [-0.1, -0.05) is 11.2 Å². The summed E-state index contributed by atoms with van der Waals surface area (Å²) in [7, 11) is 0. The van der Waals surface area contributed by atoms with Crippen LogP contribution < -0.4 is 5.32 Å². The maximum atomic E-state index is 10.8. The smallest absolute Gasteiger partial charge is 0.258 e. The van der Waals surface area contributed by atoms with E-state index < -0.39 is 0 Å². The first kappa shape index (κ1) is 15.5. The summed E-state index contributed by atoms with van der Waals surface area (Å²) in [5, 5.41) is 13.1. The molecule has 4 heterocycles. The van der Waals surface area contributed by atoms with Crippen molar-refractivity contribution in [1.29, 1.82) is 0 Å². The van der Waals surface area contributed by atoms with Gasteiger partial charge in [0.2, 0.25) is 6.41 Å². The molecule has 0 radical (unpaired) electrons. The van der Waals surface area contributed by atoms with Gasteiger partial charge in [0.1, 0.15) is 0 Å². The van der Waals surface area contributed by atoms with Crippen molar-refractivity contribution in [1.82, 2.24) is 30.1 Å². The third-order valence-corrected chi connectivity index (χ3v) is 5.44. The van der Waals surface area contributed by atoms with E-state index in [0.717, 1.165) is 67.7 Å². The topological polar surface area (TPSA) is 89.1 Å². The fraction of sp³-hybridized carbons (Fsp3) is 0.444. The highest BCUT2D eigenvalue weighted by atomic mass is 16.5. The molecule has 2 aliphatic rings. The molecule has 3 aromatic rings. The third kappa shape index (κ3) is 2.57. The number of likely N-dealkylation sites (tertiary alicyclic amines) is 1. The minimum Gasteiger partial charge on any atom is -0.345 e. The van der Waals surface area contributed by atoms with Crippen LogP contribution in [0.2, 0.25) is 0 Å². The number of piperidine rings is 1. The van der Waals surface area contributed by atoms with Gasteiger partial charge >= 0.3 is 0 Å². The van der Waals surface area contributed by atoms with Gasteiger partial charge in [-0.15, -0.1) is 0 Å². The Kier molecular flexibility index (Phi) is 3.70. The summed E-state index contributed by atoms with van der Waals surface area (Å²) in [5.41, 5.74) is 2.00. The highest BCUT2D eigenvalue weighted by molar-refractivity contribution is 5.83. The maximum absolute atomic E-state index is 10.8. The highest BCUT2D eigenvalue weighted by Gasteiger charge is 2.25. The molecule has 2 aromatic heterocycles. The first-order chi connectivity index (χ1) is 12.8. The average molecular weight is 352 g/mol. The van der Waals surface area contributed by atoms with E-state index in [4.69, 9.17) is 4.52 Å². The molecule has 1 amide bonds. The molecule has 1 aromatic carbocycles. The number of fused-ring (bicyclic) bond motifs is 1. The molecular formula is C18H20N6O2. The molecule has 0 unspecified atom stereocenters. The van der Waals surface area contributed by atoms with E-state index in [0.29, 0.717) is 11.9 Å². The zero-order valence-electron chi connectivity index (χ0n) is 14.3. The molecule has 2 fully saturated rings. The Morgan fingerprint density at radius 2 is 2.08 bits per heavy atom. The summed E-state index contributed by atoms with van der Waals surface area (Å²) in [5.74, 6) is 1.53. The van der Waals surface area contributed by atoms with Crippen molar-refractivity contribution in [2.45, 2.75) is 24.8 Å². The van der Waals surface area contributed by atoms with Crippen molar-refractivity contribution in [3.8, 4) is 11.5 Å². The Morgan fingerprint density at radius 3 is 2.81 bits per heavy atom. The Balaban J connectivity index is 1.41. The maximum Gasteiger partial charge on any atom is 0.258 e. The second-order valence-corrected chi connectivity index (χ2v) is 7.05. The van der Waals surface area contributed by atoms with Crippen LogP contribution >= 0.6 is 0 Å². The number of carbonyl (C=O) groups excluding carboxylic acids is 1. The van der Waals surface area contributed by atoms with Crippen LogP contribution in [-0.2, 0) is 4.79 Å². The second-order valence-electron chi connectivity index (χ2n) is 7.05. The zero-order chi connectivity index (χ0) is 17.5. The lowest BCUT2D eigenvalue weighted by molar-refractivity contribution is -0.119. The Hall–Kier alpha value is -2.74. The molecule has 26 heavy (non-hydrogen) atoms. The number of carbonyl (C=O) groups is 1. The van der Waals surface area contributed by atoms with E-state index in [1.165, 1.54) is 0 Å². The van der Waals surface area contributed by atoms with Crippen molar-refractivity contribution < 1.29 is 9.32 Å². The molecule has 5 rings (SSSR count). The van der Waals surface area contributed by atoms with Crippen molar-refractivity contribution >= 4 is 17.3 Å². The van der Waals surface area contributed by atoms with Gasteiger partial charge in [-0.2, -0.15) is 10.1 Å². The number of nitrogens with zero attached hydrogens (tertiary/aromatic N) is 5. The summed E-state index contributed by atoms with van der Waals surface area (Å²) in [6.45, 7) is 3.40. The first-order valence-electron chi connectivity index (χ1n) is 9.03. The van der Waals surface area contributed by atoms with E-state index >= 15 is 0 Å². The number of amides is 1. The normalized spacial score (nSPS) is 19.0. The second kappa shape index (κ2) is 6.21. The Bertz CT molecular complexity index is 936. The summed E-state index contributed by atoms with van der Waals surface area (Å²) >= 11 is 0. The third-order valence-electron chi connectivity index (χ3n) is 5.44. The summed E-state index contributed by atoms with van der Waals surface area (Å²) in [6, 6.07) is 6.53. The predicted molar refractivity (Wildman–Crippen MR) is 94.5 cm³/mol. The largest absolute Gasteiger partial charge is 0.345 e. The number of aromatic nitrogens is 4. The molecule has 0 spiro atoms. The molecular weight excluding hydrogens is 332 g/mol. The molecule has 134 valence electrons. The monoisotopic (exact) mass is 352 g/mol. The summed E-state index contributed by atoms with van der Waals surface area (Å²) in [4.78, 5) is 17.3. The first-order valence-corrected chi connectivity index (χ1v) is 9.03. The fourth-order valence-corrected chi connectivity index (χ4v) is 3.69. The molecule has 0 bridgehead atoms. The van der Waals surface area contributed by atoms with Gasteiger partial charge in [-0.3, -0.25) is 9.48 Å². The van der Waals surface area contributed by atoms with E-state index in [9.17, 15) is 4.79 Å². The van der Waals surface area contributed by atoms with Gasteiger partial charge < -0.3 is 14.7 Å². The van der Waals surface area contributed by atoms with Gasteiger partial charge in [0, 0.05) is 43.0 Å². The Morgan fingerprint density at radius 1 is 1.23 bits per heavy atom. The molecule has 8 nitrogen and oxygen atoms in total. The van der Waals surface area contributed by atoms with E-state index in [1.54, 1.807) is 4.90 Å². The van der Waals surface area contributed by atoms with Gasteiger partial charge in [-0.05, 0) is 25.0 Å². The van der Waals surface area contributed by atoms with Crippen LogP contribution in [0.5, 0.6) is 0 Å². The number of hydrogen-bond donors (Lipinski definition) is 1. The van der Waals surface area contributed by atoms with E-state index in [2.05, 4.69) is 31.3 Å². The Labute approximate surface area is 150 Å². The lowest BCUT2D eigenvalue weighted by Gasteiger charge is -2.28. The van der Waals surface area contributed by atoms with Crippen LogP contribution in [0.4, 0.5) is 0 Å². The molecule has 2 saturated heterocycles. The lowest BCUT2D eigenvalue weighted by atomic mass is 9.96. The van der Waals surface area contributed by atoms with E-state index in [-0.39, 0.29) is 5.92 Å². The predicted octanol–water partition coefficient (Wildman–Crippen LogP) is 1.57. The lowest BCUT2D eigenvalue weighted by Crippen LogP contribution is -2.43. The standard InChI is InChI=1S/C18H20N6O2/c25-11-23-5-3-12(4-6-23)17-21-18(26-22-17)13-1-2-14-8-20-24(16(14)7-13)15-9-19-10-15/h1-2,7-8,11-12,15,19H,3-6,9-10H2. The molecule has 0 atom stereocenters. The fourth-order valence-electron chi connectivity index (χ4n) is 3.69. The molecule has 8 heteroatoms. The van der Waals surface area contributed by atoms with Crippen molar-refractivity contribution in [3.05, 3.63) is 30.2 Å². The van der Waals surface area contributed by atoms with Crippen molar-refractivity contribution in [2.75, 3.05) is 26.2 Å². The zero-order valence-corrected chi connectivity index (χ0v) is 14.3. The molecule has 0 aliphatic carbocycles. The van der Waals surface area contributed by atoms with Gasteiger partial charge in [-0.25, -0.2) is 0 Å². The molecule has 2 aliphatic heterocycles. The van der Waals surface area contributed by atoms with Gasteiger partial charge in [0.25, 0.3) is 5.89 Å². The van der Waals surface area contributed by atoms with Gasteiger partial charge in [0.05, 0.1) is 17.8 Å².